The number of benzene rings is 1. The second-order valence-corrected chi connectivity index (χ2v) is 6.01. The van der Waals surface area contributed by atoms with Crippen LogP contribution in [0.15, 0.2) is 61.3 Å². The predicted octanol–water partition coefficient (Wildman–Crippen LogP) is 2.37. The van der Waals surface area contributed by atoms with Crippen LogP contribution in [-0.4, -0.2) is 42.7 Å². The zero-order valence-electron chi connectivity index (χ0n) is 13.3. The highest BCUT2D eigenvalue weighted by Crippen LogP contribution is 2.22. The molecule has 24 heavy (non-hydrogen) atoms. The van der Waals surface area contributed by atoms with E-state index in [4.69, 9.17) is 0 Å². The lowest BCUT2D eigenvalue weighted by Gasteiger charge is -2.25. The van der Waals surface area contributed by atoms with Crippen LogP contribution in [0.25, 0.3) is 5.69 Å². The normalized spacial score (nSPS) is 17.3. The van der Waals surface area contributed by atoms with E-state index in [9.17, 15) is 4.79 Å². The van der Waals surface area contributed by atoms with Crippen LogP contribution in [-0.2, 0) is 6.54 Å². The van der Waals surface area contributed by atoms with Gasteiger partial charge in [-0.05, 0) is 31.0 Å². The maximum atomic E-state index is 13.1. The molecule has 1 atom stereocenters. The van der Waals surface area contributed by atoms with Crippen molar-refractivity contribution in [3.63, 3.8) is 0 Å². The third-order valence-electron chi connectivity index (χ3n) is 4.49. The number of hydrogen-bond acceptors (Lipinski definition) is 3. The number of para-hydroxylation sites is 1. The Bertz CT molecular complexity index is 809. The van der Waals surface area contributed by atoms with Crippen LogP contribution in [0, 0.1) is 0 Å². The third kappa shape index (κ3) is 2.71. The lowest BCUT2D eigenvalue weighted by atomic mass is 10.2. The standard InChI is InChI=1S/C18H19N5O/c24-18(17-12-19-14-23(17)15-6-2-1-3-7-15)22-11-4-8-16(22)13-21-10-5-9-20-21/h1-3,5-7,9-10,12,14,16H,4,8,11,13H2/t16-/m0/s1. The van der Waals surface area contributed by atoms with Crippen LogP contribution in [0.4, 0.5) is 0 Å². The summed E-state index contributed by atoms with van der Waals surface area (Å²) in [6.07, 6.45) is 9.09. The molecule has 0 N–H and O–H groups in total. The van der Waals surface area contributed by atoms with E-state index in [2.05, 4.69) is 10.1 Å². The zero-order chi connectivity index (χ0) is 16.4. The van der Waals surface area contributed by atoms with Crippen molar-refractivity contribution in [3.8, 4) is 5.69 Å². The molecule has 1 aliphatic rings. The van der Waals surface area contributed by atoms with E-state index >= 15 is 0 Å². The summed E-state index contributed by atoms with van der Waals surface area (Å²) >= 11 is 0. The molecular formula is C18H19N5O. The summed E-state index contributed by atoms with van der Waals surface area (Å²) in [5.74, 6) is 0.0333. The summed E-state index contributed by atoms with van der Waals surface area (Å²) in [6, 6.07) is 11.9. The van der Waals surface area contributed by atoms with Crippen LogP contribution < -0.4 is 0 Å². The molecule has 1 saturated heterocycles. The molecule has 122 valence electrons. The van der Waals surface area contributed by atoms with Crippen LogP contribution >= 0.6 is 0 Å². The van der Waals surface area contributed by atoms with E-state index in [0.717, 1.165) is 31.6 Å². The first-order valence-corrected chi connectivity index (χ1v) is 8.19. The van der Waals surface area contributed by atoms with Crippen LogP contribution in [0.1, 0.15) is 23.3 Å². The molecule has 0 saturated carbocycles. The van der Waals surface area contributed by atoms with E-state index < -0.39 is 0 Å². The molecule has 0 aliphatic carbocycles. The highest BCUT2D eigenvalue weighted by Gasteiger charge is 2.31. The second-order valence-electron chi connectivity index (χ2n) is 6.01. The smallest absolute Gasteiger partial charge is 0.272 e. The Kier molecular flexibility index (Phi) is 3.86. The summed E-state index contributed by atoms with van der Waals surface area (Å²) in [7, 11) is 0. The Morgan fingerprint density at radius 3 is 2.88 bits per heavy atom. The lowest BCUT2D eigenvalue weighted by molar-refractivity contribution is 0.0713. The van der Waals surface area contributed by atoms with Gasteiger partial charge in [-0.25, -0.2) is 4.98 Å². The first-order chi connectivity index (χ1) is 11.8. The van der Waals surface area contributed by atoms with E-state index in [1.165, 1.54) is 0 Å². The summed E-state index contributed by atoms with van der Waals surface area (Å²) in [5, 5.41) is 4.26. The molecule has 0 radical (unpaired) electrons. The molecule has 3 aromatic rings. The molecule has 6 heteroatoms. The topological polar surface area (TPSA) is 56.0 Å². The van der Waals surface area contributed by atoms with Gasteiger partial charge in [-0.2, -0.15) is 5.10 Å². The Labute approximate surface area is 140 Å². The SMILES string of the molecule is O=C(c1cncn1-c1ccccc1)N1CCC[C@H]1Cn1cccn1. The van der Waals surface area contributed by atoms with Gasteiger partial charge in [0, 0.05) is 24.6 Å². The highest BCUT2D eigenvalue weighted by atomic mass is 16.2. The third-order valence-corrected chi connectivity index (χ3v) is 4.49. The first kappa shape index (κ1) is 14.7. The van der Waals surface area contributed by atoms with Crippen molar-refractivity contribution >= 4 is 5.91 Å². The monoisotopic (exact) mass is 321 g/mol. The molecule has 4 rings (SSSR count). The van der Waals surface area contributed by atoms with E-state index in [0.29, 0.717) is 5.69 Å². The number of imidazole rings is 1. The summed E-state index contributed by atoms with van der Waals surface area (Å²) < 4.78 is 3.75. The molecule has 0 bridgehead atoms. The predicted molar refractivity (Wildman–Crippen MR) is 89.8 cm³/mol. The first-order valence-electron chi connectivity index (χ1n) is 8.19. The number of hydrogen-bond donors (Lipinski definition) is 0. The molecule has 6 nitrogen and oxygen atoms in total. The van der Waals surface area contributed by atoms with Crippen molar-refractivity contribution in [2.24, 2.45) is 0 Å². The molecule has 1 amide bonds. The Balaban J connectivity index is 1.59. The minimum absolute atomic E-state index is 0.0333. The van der Waals surface area contributed by atoms with E-state index in [1.807, 2.05) is 56.7 Å². The fraction of sp³-hybridized carbons (Fsp3) is 0.278. The van der Waals surface area contributed by atoms with Crippen molar-refractivity contribution in [1.82, 2.24) is 24.2 Å². The Morgan fingerprint density at radius 1 is 1.21 bits per heavy atom. The van der Waals surface area contributed by atoms with Crippen molar-refractivity contribution in [3.05, 3.63) is 67.0 Å². The second kappa shape index (κ2) is 6.31. The minimum Gasteiger partial charge on any atom is -0.332 e. The highest BCUT2D eigenvalue weighted by molar-refractivity contribution is 5.93. The summed E-state index contributed by atoms with van der Waals surface area (Å²) in [5.41, 5.74) is 1.55. The quantitative estimate of drug-likeness (QED) is 0.741. The minimum atomic E-state index is 0.0333. The van der Waals surface area contributed by atoms with Crippen LogP contribution in [0.2, 0.25) is 0 Å². The molecule has 1 aliphatic heterocycles. The summed E-state index contributed by atoms with van der Waals surface area (Å²) in [4.78, 5) is 19.2. The molecule has 1 fully saturated rings. The molecule has 0 unspecified atom stereocenters. The number of rotatable bonds is 4. The van der Waals surface area contributed by atoms with Gasteiger partial charge in [0.1, 0.15) is 5.69 Å². The van der Waals surface area contributed by atoms with Crippen molar-refractivity contribution < 1.29 is 4.79 Å². The summed E-state index contributed by atoms with van der Waals surface area (Å²) in [6.45, 7) is 1.52. The number of likely N-dealkylation sites (tertiary alicyclic amines) is 1. The average Bonchev–Trinajstić information content (AvgIpc) is 3.37. The number of amides is 1. The van der Waals surface area contributed by atoms with Gasteiger partial charge in [0.15, 0.2) is 0 Å². The van der Waals surface area contributed by atoms with Crippen molar-refractivity contribution in [2.45, 2.75) is 25.4 Å². The number of nitrogens with zero attached hydrogens (tertiary/aromatic N) is 5. The zero-order valence-corrected chi connectivity index (χ0v) is 13.3. The maximum absolute atomic E-state index is 13.1. The van der Waals surface area contributed by atoms with Crippen molar-refractivity contribution in [2.75, 3.05) is 6.54 Å². The lowest BCUT2D eigenvalue weighted by Crippen LogP contribution is -2.39. The largest absolute Gasteiger partial charge is 0.332 e. The molecular weight excluding hydrogens is 302 g/mol. The maximum Gasteiger partial charge on any atom is 0.272 e. The van der Waals surface area contributed by atoms with Gasteiger partial charge in [0.2, 0.25) is 0 Å². The number of carbonyl (C=O) groups is 1. The Hall–Kier alpha value is -2.89. The van der Waals surface area contributed by atoms with Gasteiger partial charge in [-0.3, -0.25) is 14.0 Å². The molecule has 3 heterocycles. The molecule has 0 spiro atoms. The fourth-order valence-electron chi connectivity index (χ4n) is 3.31. The molecule has 1 aromatic carbocycles. The van der Waals surface area contributed by atoms with Gasteiger partial charge in [0.05, 0.1) is 25.1 Å². The van der Waals surface area contributed by atoms with Gasteiger partial charge < -0.3 is 4.90 Å². The van der Waals surface area contributed by atoms with Crippen molar-refractivity contribution in [1.29, 1.82) is 0 Å². The van der Waals surface area contributed by atoms with E-state index in [-0.39, 0.29) is 11.9 Å². The van der Waals surface area contributed by atoms with Crippen LogP contribution in [0.3, 0.4) is 0 Å². The van der Waals surface area contributed by atoms with Crippen LogP contribution in [0.5, 0.6) is 0 Å². The fourth-order valence-corrected chi connectivity index (χ4v) is 3.31. The van der Waals surface area contributed by atoms with Gasteiger partial charge in [0.25, 0.3) is 5.91 Å². The Morgan fingerprint density at radius 2 is 2.08 bits per heavy atom. The molecule has 2 aromatic heterocycles. The van der Waals surface area contributed by atoms with Gasteiger partial charge in [-0.1, -0.05) is 18.2 Å². The number of carbonyl (C=O) groups excluding carboxylic acids is 1. The van der Waals surface area contributed by atoms with Gasteiger partial charge >= 0.3 is 0 Å². The van der Waals surface area contributed by atoms with E-state index in [1.54, 1.807) is 18.7 Å². The average molecular weight is 321 g/mol. The number of aromatic nitrogens is 4. The van der Waals surface area contributed by atoms with Gasteiger partial charge in [-0.15, -0.1) is 0 Å².